The van der Waals surface area contributed by atoms with Crippen LogP contribution in [0, 0.1) is 5.82 Å². The van der Waals surface area contributed by atoms with Crippen LogP contribution in [0.2, 0.25) is 0 Å². The zero-order valence-corrected chi connectivity index (χ0v) is 9.07. The number of methoxy groups -OCH3 is 1. The highest BCUT2D eigenvalue weighted by Gasteiger charge is 2.16. The number of hydrogen-bond acceptors (Lipinski definition) is 4. The number of hydrogen-bond donors (Lipinski definition) is 1. The molecule has 1 aromatic heterocycles. The average molecular weight is 235 g/mol. The summed E-state index contributed by atoms with van der Waals surface area (Å²) in [6.45, 7) is 0. The summed E-state index contributed by atoms with van der Waals surface area (Å²) in [6.07, 6.45) is 1.43. The Morgan fingerprint density at radius 2 is 2.24 bits per heavy atom. The molecule has 0 fully saturated rings. The van der Waals surface area contributed by atoms with Crippen LogP contribution in [-0.4, -0.2) is 13.1 Å². The first-order valence-electron chi connectivity index (χ1n) is 4.84. The molecule has 2 rings (SSSR count). The molecule has 1 aromatic carbocycles. The number of anilines is 1. The van der Waals surface area contributed by atoms with E-state index in [9.17, 15) is 9.18 Å². The van der Waals surface area contributed by atoms with Gasteiger partial charge in [-0.25, -0.2) is 9.18 Å². The Morgan fingerprint density at radius 1 is 1.47 bits per heavy atom. The largest absolute Gasteiger partial charge is 0.465 e. The summed E-state index contributed by atoms with van der Waals surface area (Å²) in [5.41, 5.74) is 6.02. The lowest BCUT2D eigenvalue weighted by Gasteiger charge is -2.06. The van der Waals surface area contributed by atoms with Crippen LogP contribution in [0.4, 0.5) is 10.1 Å². The van der Waals surface area contributed by atoms with Crippen LogP contribution in [0.5, 0.6) is 0 Å². The molecule has 0 radical (unpaired) electrons. The van der Waals surface area contributed by atoms with E-state index in [2.05, 4.69) is 4.74 Å². The van der Waals surface area contributed by atoms with Crippen molar-refractivity contribution in [3.8, 4) is 11.3 Å². The normalized spacial score (nSPS) is 10.2. The SMILES string of the molecule is COC(=O)c1cc(F)c(-c2ccco2)cc1N. The minimum Gasteiger partial charge on any atom is -0.465 e. The van der Waals surface area contributed by atoms with E-state index in [-0.39, 0.29) is 16.8 Å². The molecule has 0 amide bonds. The molecule has 2 N–H and O–H groups in total. The summed E-state index contributed by atoms with van der Waals surface area (Å²) in [5.74, 6) is -0.910. The van der Waals surface area contributed by atoms with E-state index in [4.69, 9.17) is 10.2 Å². The fourth-order valence-corrected chi connectivity index (χ4v) is 1.50. The molecule has 0 saturated heterocycles. The highest BCUT2D eigenvalue weighted by molar-refractivity contribution is 5.96. The second-order valence-corrected chi connectivity index (χ2v) is 3.39. The first-order valence-corrected chi connectivity index (χ1v) is 4.84. The van der Waals surface area contributed by atoms with Crippen LogP contribution in [0.1, 0.15) is 10.4 Å². The summed E-state index contributed by atoms with van der Waals surface area (Å²) in [7, 11) is 1.21. The van der Waals surface area contributed by atoms with Crippen molar-refractivity contribution < 1.29 is 18.3 Å². The molecule has 0 aliphatic heterocycles. The van der Waals surface area contributed by atoms with Crippen LogP contribution in [-0.2, 0) is 4.74 Å². The standard InChI is InChI=1S/C12H10FNO3/c1-16-12(15)8-5-9(13)7(6-10(8)14)11-3-2-4-17-11/h2-6H,14H2,1H3. The number of halogens is 1. The number of carbonyl (C=O) groups is 1. The quantitative estimate of drug-likeness (QED) is 0.641. The molecular weight excluding hydrogens is 225 g/mol. The molecule has 0 atom stereocenters. The molecule has 0 bridgehead atoms. The van der Waals surface area contributed by atoms with Crippen molar-refractivity contribution in [1.82, 2.24) is 0 Å². The fraction of sp³-hybridized carbons (Fsp3) is 0.0833. The number of carbonyl (C=O) groups excluding carboxylic acids is 1. The van der Waals surface area contributed by atoms with Gasteiger partial charge in [-0.3, -0.25) is 0 Å². The van der Waals surface area contributed by atoms with Crippen LogP contribution in [0.3, 0.4) is 0 Å². The number of nitrogens with two attached hydrogens (primary N) is 1. The van der Waals surface area contributed by atoms with Crippen molar-refractivity contribution in [2.24, 2.45) is 0 Å². The monoisotopic (exact) mass is 235 g/mol. The van der Waals surface area contributed by atoms with Crippen molar-refractivity contribution in [2.45, 2.75) is 0 Å². The highest BCUT2D eigenvalue weighted by Crippen LogP contribution is 2.28. The zero-order valence-electron chi connectivity index (χ0n) is 9.07. The van der Waals surface area contributed by atoms with Crippen molar-refractivity contribution in [2.75, 3.05) is 12.8 Å². The number of furan rings is 1. The van der Waals surface area contributed by atoms with Gasteiger partial charge in [-0.05, 0) is 24.3 Å². The maximum Gasteiger partial charge on any atom is 0.340 e. The molecule has 5 heteroatoms. The van der Waals surface area contributed by atoms with Crippen molar-refractivity contribution in [3.05, 3.63) is 41.9 Å². The zero-order chi connectivity index (χ0) is 12.4. The second kappa shape index (κ2) is 4.29. The molecule has 4 nitrogen and oxygen atoms in total. The Kier molecular flexibility index (Phi) is 2.82. The Hall–Kier alpha value is -2.30. The summed E-state index contributed by atoms with van der Waals surface area (Å²) in [6, 6.07) is 5.63. The highest BCUT2D eigenvalue weighted by atomic mass is 19.1. The van der Waals surface area contributed by atoms with Gasteiger partial charge in [-0.1, -0.05) is 0 Å². The van der Waals surface area contributed by atoms with E-state index in [0.29, 0.717) is 5.76 Å². The number of rotatable bonds is 2. The van der Waals surface area contributed by atoms with Crippen LogP contribution >= 0.6 is 0 Å². The third kappa shape index (κ3) is 1.99. The third-order valence-corrected chi connectivity index (χ3v) is 2.33. The lowest BCUT2D eigenvalue weighted by Crippen LogP contribution is -2.06. The summed E-state index contributed by atoms with van der Waals surface area (Å²) in [4.78, 5) is 11.3. The molecular formula is C12H10FNO3. The van der Waals surface area contributed by atoms with Gasteiger partial charge in [0.05, 0.1) is 24.5 Å². The van der Waals surface area contributed by atoms with Gasteiger partial charge in [0.25, 0.3) is 0 Å². The molecule has 0 unspecified atom stereocenters. The van der Waals surface area contributed by atoms with Crippen molar-refractivity contribution in [1.29, 1.82) is 0 Å². The predicted octanol–water partition coefficient (Wildman–Crippen LogP) is 2.45. The smallest absolute Gasteiger partial charge is 0.340 e. The third-order valence-electron chi connectivity index (χ3n) is 2.33. The maximum absolute atomic E-state index is 13.8. The van der Waals surface area contributed by atoms with E-state index in [0.717, 1.165) is 6.07 Å². The summed E-state index contributed by atoms with van der Waals surface area (Å²) in [5, 5.41) is 0. The van der Waals surface area contributed by atoms with Crippen molar-refractivity contribution >= 4 is 11.7 Å². The van der Waals surface area contributed by atoms with E-state index in [1.165, 1.54) is 19.4 Å². The molecule has 2 aromatic rings. The Morgan fingerprint density at radius 3 is 2.82 bits per heavy atom. The number of nitrogen functional groups attached to an aromatic ring is 1. The fourth-order valence-electron chi connectivity index (χ4n) is 1.50. The molecule has 0 aliphatic rings. The lowest BCUT2D eigenvalue weighted by atomic mass is 10.1. The lowest BCUT2D eigenvalue weighted by molar-refractivity contribution is 0.0601. The van der Waals surface area contributed by atoms with Gasteiger partial charge in [0.2, 0.25) is 0 Å². The molecule has 1 heterocycles. The van der Waals surface area contributed by atoms with Gasteiger partial charge < -0.3 is 14.9 Å². The number of benzene rings is 1. The van der Waals surface area contributed by atoms with Gasteiger partial charge in [0.15, 0.2) is 0 Å². The molecule has 0 saturated carbocycles. The first-order chi connectivity index (χ1) is 8.13. The van der Waals surface area contributed by atoms with Crippen LogP contribution in [0.15, 0.2) is 34.9 Å². The Bertz CT molecular complexity index is 549. The maximum atomic E-state index is 13.8. The van der Waals surface area contributed by atoms with Gasteiger partial charge in [0, 0.05) is 5.69 Å². The van der Waals surface area contributed by atoms with E-state index < -0.39 is 11.8 Å². The minimum absolute atomic E-state index is 0.000283. The Balaban J connectivity index is 2.53. The van der Waals surface area contributed by atoms with Gasteiger partial charge in [-0.15, -0.1) is 0 Å². The van der Waals surface area contributed by atoms with Crippen LogP contribution < -0.4 is 5.73 Å². The molecule has 0 spiro atoms. The Labute approximate surface area is 96.8 Å². The van der Waals surface area contributed by atoms with Crippen LogP contribution in [0.25, 0.3) is 11.3 Å². The average Bonchev–Trinajstić information content (AvgIpc) is 2.84. The minimum atomic E-state index is -0.674. The number of esters is 1. The van der Waals surface area contributed by atoms with E-state index in [1.807, 2.05) is 0 Å². The van der Waals surface area contributed by atoms with E-state index >= 15 is 0 Å². The number of ether oxygens (including phenoxy) is 1. The van der Waals surface area contributed by atoms with E-state index in [1.54, 1.807) is 12.1 Å². The molecule has 0 aliphatic carbocycles. The van der Waals surface area contributed by atoms with Crippen molar-refractivity contribution in [3.63, 3.8) is 0 Å². The second-order valence-electron chi connectivity index (χ2n) is 3.39. The summed E-state index contributed by atoms with van der Waals surface area (Å²) < 4.78 is 23.3. The molecule has 88 valence electrons. The molecule has 17 heavy (non-hydrogen) atoms. The predicted molar refractivity (Wildman–Crippen MR) is 59.9 cm³/mol. The topological polar surface area (TPSA) is 65.5 Å². The van der Waals surface area contributed by atoms with Gasteiger partial charge in [-0.2, -0.15) is 0 Å². The first kappa shape index (κ1) is 11.2. The van der Waals surface area contributed by atoms with Gasteiger partial charge >= 0.3 is 5.97 Å². The summed E-state index contributed by atoms with van der Waals surface area (Å²) >= 11 is 0. The van der Waals surface area contributed by atoms with Gasteiger partial charge in [0.1, 0.15) is 11.6 Å².